The van der Waals surface area contributed by atoms with Crippen LogP contribution in [0.3, 0.4) is 0 Å². The van der Waals surface area contributed by atoms with E-state index in [1.807, 2.05) is 0 Å². The van der Waals surface area contributed by atoms with Crippen LogP contribution in [0.4, 0.5) is 5.69 Å². The molecule has 0 radical (unpaired) electrons. The number of amides is 2. The maximum atomic E-state index is 12.4. The fraction of sp³-hybridized carbons (Fsp3) is 0.429. The van der Waals surface area contributed by atoms with Crippen molar-refractivity contribution in [2.75, 3.05) is 12.0 Å². The van der Waals surface area contributed by atoms with E-state index in [9.17, 15) is 19.6 Å². The molecule has 0 bridgehead atoms. The number of hydrogen-bond donors (Lipinski definition) is 5. The van der Waals surface area contributed by atoms with E-state index in [1.165, 1.54) is 4.90 Å². The van der Waals surface area contributed by atoms with E-state index in [2.05, 4.69) is 10.7 Å². The molecule has 0 saturated carbocycles. The summed E-state index contributed by atoms with van der Waals surface area (Å²) in [6.07, 6.45) is 1.25. The lowest BCUT2D eigenvalue weighted by atomic mass is 9.78. The van der Waals surface area contributed by atoms with E-state index in [-0.39, 0.29) is 11.8 Å². The molecule has 1 aromatic carbocycles. The van der Waals surface area contributed by atoms with Crippen LogP contribution in [0.1, 0.15) is 30.1 Å². The van der Waals surface area contributed by atoms with Crippen molar-refractivity contribution in [2.45, 2.75) is 31.7 Å². The summed E-state index contributed by atoms with van der Waals surface area (Å²) in [5.41, 5.74) is 3.54. The largest absolute Gasteiger partial charge is 0.475 e. The quantitative estimate of drug-likeness (QED) is 0.272. The lowest BCUT2D eigenvalue weighted by Crippen LogP contribution is -2.52. The molecule has 2 amide bonds. The van der Waals surface area contributed by atoms with E-state index in [0.29, 0.717) is 30.6 Å². The Kier molecular flexibility index (Phi) is 5.59. The number of hydrogen-bond acceptors (Lipinski definition) is 6. The second-order valence-corrected chi connectivity index (χ2v) is 5.57. The van der Waals surface area contributed by atoms with Gasteiger partial charge in [-0.2, -0.15) is 0 Å². The van der Waals surface area contributed by atoms with Crippen molar-refractivity contribution in [2.24, 2.45) is 5.84 Å². The van der Waals surface area contributed by atoms with E-state index in [0.717, 1.165) is 0 Å². The van der Waals surface area contributed by atoms with Crippen molar-refractivity contribution < 1.29 is 19.6 Å². The van der Waals surface area contributed by atoms with Crippen molar-refractivity contribution in [1.82, 2.24) is 10.2 Å². The Balaban J connectivity index is 1.98. The number of anilines is 1. The molecule has 0 spiro atoms. The average Bonchev–Trinajstić information content (AvgIpc) is 3.03. The number of nitrogens with one attached hydrogen (secondary N) is 2. The topological polar surface area (TPSA) is 128 Å². The number of hydrazine groups is 1. The van der Waals surface area contributed by atoms with Crippen LogP contribution < -0.4 is 16.6 Å². The molecule has 124 valence electrons. The van der Waals surface area contributed by atoms with Crippen LogP contribution in [0.15, 0.2) is 24.3 Å². The Morgan fingerprint density at radius 1 is 1.35 bits per heavy atom. The summed E-state index contributed by atoms with van der Waals surface area (Å²) in [5.74, 6) is 3.94. The molecular formula is C14H21BN4O4. The summed E-state index contributed by atoms with van der Waals surface area (Å²) in [6, 6.07) is 5.74. The zero-order valence-electron chi connectivity index (χ0n) is 12.9. The van der Waals surface area contributed by atoms with E-state index in [1.54, 1.807) is 31.2 Å². The van der Waals surface area contributed by atoms with Gasteiger partial charge in [-0.3, -0.25) is 15.4 Å². The Morgan fingerprint density at radius 2 is 2.00 bits per heavy atom. The number of carbonyl (C=O) groups is 2. The van der Waals surface area contributed by atoms with Crippen molar-refractivity contribution in [3.8, 4) is 0 Å². The number of likely N-dealkylation sites (tertiary alicyclic amines) is 1. The van der Waals surface area contributed by atoms with Crippen LogP contribution in [-0.2, 0) is 4.79 Å². The molecule has 1 aliphatic rings. The average molecular weight is 320 g/mol. The molecule has 0 aromatic heterocycles. The molecule has 1 fully saturated rings. The SMILES string of the molecule is C[C@@H](NC(=O)c1ccc(NN)cc1)C(=O)N1CCC[C@H]1B(O)O. The van der Waals surface area contributed by atoms with Crippen molar-refractivity contribution in [3.05, 3.63) is 29.8 Å². The fourth-order valence-corrected chi connectivity index (χ4v) is 2.68. The Bertz CT molecular complexity index is 566. The van der Waals surface area contributed by atoms with Gasteiger partial charge in [-0.25, -0.2) is 0 Å². The van der Waals surface area contributed by atoms with Crippen LogP contribution in [0, 0.1) is 0 Å². The van der Waals surface area contributed by atoms with Crippen LogP contribution in [0.2, 0.25) is 0 Å². The smallest absolute Gasteiger partial charge is 0.426 e. The number of nitrogens with zero attached hydrogens (tertiary/aromatic N) is 1. The summed E-state index contributed by atoms with van der Waals surface area (Å²) in [6.45, 7) is 2.04. The fourth-order valence-electron chi connectivity index (χ4n) is 2.68. The maximum absolute atomic E-state index is 12.4. The van der Waals surface area contributed by atoms with Gasteiger partial charge in [-0.05, 0) is 44.0 Å². The molecule has 1 aliphatic heterocycles. The lowest BCUT2D eigenvalue weighted by Gasteiger charge is -2.27. The minimum absolute atomic E-state index is 0.325. The number of nitrogens with two attached hydrogens (primary N) is 1. The Morgan fingerprint density at radius 3 is 2.57 bits per heavy atom. The van der Waals surface area contributed by atoms with Crippen LogP contribution in [0.5, 0.6) is 0 Å². The first-order chi connectivity index (χ1) is 10.9. The van der Waals surface area contributed by atoms with Gasteiger partial charge in [0.2, 0.25) is 5.91 Å². The molecule has 9 heteroatoms. The van der Waals surface area contributed by atoms with Gasteiger partial charge in [-0.1, -0.05) is 0 Å². The zero-order valence-corrected chi connectivity index (χ0v) is 12.9. The monoisotopic (exact) mass is 320 g/mol. The summed E-state index contributed by atoms with van der Waals surface area (Å²) >= 11 is 0. The summed E-state index contributed by atoms with van der Waals surface area (Å²) in [4.78, 5) is 26.0. The highest BCUT2D eigenvalue weighted by atomic mass is 16.4. The number of nitrogen functional groups attached to an aromatic ring is 1. The van der Waals surface area contributed by atoms with E-state index < -0.39 is 19.1 Å². The lowest BCUT2D eigenvalue weighted by molar-refractivity contribution is -0.132. The zero-order chi connectivity index (χ0) is 17.0. The minimum atomic E-state index is -1.57. The second kappa shape index (κ2) is 7.45. The highest BCUT2D eigenvalue weighted by Gasteiger charge is 2.38. The van der Waals surface area contributed by atoms with Crippen LogP contribution >= 0.6 is 0 Å². The normalized spacial score (nSPS) is 18.4. The molecular weight excluding hydrogens is 299 g/mol. The van der Waals surface area contributed by atoms with Crippen molar-refractivity contribution >= 4 is 24.6 Å². The van der Waals surface area contributed by atoms with Gasteiger partial charge in [0.25, 0.3) is 5.91 Å². The first kappa shape index (κ1) is 17.3. The summed E-state index contributed by atoms with van der Waals surface area (Å²) in [7, 11) is -1.57. The predicted molar refractivity (Wildman–Crippen MR) is 86.1 cm³/mol. The molecule has 6 N–H and O–H groups in total. The summed E-state index contributed by atoms with van der Waals surface area (Å²) in [5, 5.41) is 21.3. The molecule has 2 atom stereocenters. The van der Waals surface area contributed by atoms with Crippen LogP contribution in [-0.4, -0.2) is 52.4 Å². The third kappa shape index (κ3) is 4.01. The first-order valence-electron chi connectivity index (χ1n) is 7.48. The Labute approximate surface area is 134 Å². The van der Waals surface area contributed by atoms with Gasteiger partial charge in [0.15, 0.2) is 0 Å². The molecule has 0 aliphatic carbocycles. The highest BCUT2D eigenvalue weighted by Crippen LogP contribution is 2.19. The predicted octanol–water partition coefficient (Wildman–Crippen LogP) is -0.906. The second-order valence-electron chi connectivity index (χ2n) is 5.57. The van der Waals surface area contributed by atoms with Crippen LogP contribution in [0.25, 0.3) is 0 Å². The number of carbonyl (C=O) groups excluding carboxylic acids is 2. The van der Waals surface area contributed by atoms with Gasteiger partial charge >= 0.3 is 7.12 Å². The number of benzene rings is 1. The standard InChI is InChI=1S/C14H21BN4O4/c1-9(14(21)19-8-2-3-12(19)15(22)23)17-13(20)10-4-6-11(18-16)7-5-10/h4-7,9,12,18,22-23H,2-3,8,16H2,1H3,(H,17,20)/t9-,12+/m1/s1. The third-order valence-electron chi connectivity index (χ3n) is 3.96. The molecule has 1 heterocycles. The summed E-state index contributed by atoms with van der Waals surface area (Å²) < 4.78 is 0. The Hall–Kier alpha value is -2.10. The van der Waals surface area contributed by atoms with Crippen molar-refractivity contribution in [1.29, 1.82) is 0 Å². The van der Waals surface area contributed by atoms with Crippen molar-refractivity contribution in [3.63, 3.8) is 0 Å². The first-order valence-corrected chi connectivity index (χ1v) is 7.48. The maximum Gasteiger partial charge on any atom is 0.475 e. The van der Waals surface area contributed by atoms with Gasteiger partial charge < -0.3 is 25.7 Å². The molecule has 0 unspecified atom stereocenters. The highest BCUT2D eigenvalue weighted by molar-refractivity contribution is 6.43. The van der Waals surface area contributed by atoms with Gasteiger partial charge in [0.05, 0.1) is 5.94 Å². The molecule has 8 nitrogen and oxygen atoms in total. The van der Waals surface area contributed by atoms with Gasteiger partial charge in [0, 0.05) is 17.8 Å². The molecule has 23 heavy (non-hydrogen) atoms. The minimum Gasteiger partial charge on any atom is -0.426 e. The van der Waals surface area contributed by atoms with E-state index in [4.69, 9.17) is 5.84 Å². The molecule has 1 saturated heterocycles. The van der Waals surface area contributed by atoms with Gasteiger partial charge in [-0.15, -0.1) is 0 Å². The third-order valence-corrected chi connectivity index (χ3v) is 3.96. The van der Waals surface area contributed by atoms with Gasteiger partial charge in [0.1, 0.15) is 6.04 Å². The molecule has 1 aromatic rings. The number of rotatable bonds is 5. The molecule has 2 rings (SSSR count). The van der Waals surface area contributed by atoms with E-state index >= 15 is 0 Å².